The number of aliphatic hydroxyl groups excluding tert-OH is 1. The van der Waals surface area contributed by atoms with E-state index in [1.165, 1.54) is 5.56 Å². The van der Waals surface area contributed by atoms with Crippen molar-refractivity contribution in [3.8, 4) is 11.4 Å². The van der Waals surface area contributed by atoms with Gasteiger partial charge in [-0.2, -0.15) is 0 Å². The van der Waals surface area contributed by atoms with Crippen LogP contribution in [0.5, 0.6) is 0 Å². The Hall–Kier alpha value is -1.13. The lowest BCUT2D eigenvalue weighted by Gasteiger charge is -2.05. The maximum Gasteiger partial charge on any atom is 0.141 e. The van der Waals surface area contributed by atoms with Crippen molar-refractivity contribution in [3.63, 3.8) is 0 Å². The van der Waals surface area contributed by atoms with Gasteiger partial charge in [0.15, 0.2) is 0 Å². The summed E-state index contributed by atoms with van der Waals surface area (Å²) < 4.78 is 2.77. The molecule has 16 heavy (non-hydrogen) atoms. The third-order valence-corrected chi connectivity index (χ3v) is 3.62. The molecule has 0 unspecified atom stereocenters. The summed E-state index contributed by atoms with van der Waals surface area (Å²) in [4.78, 5) is 4.42. The van der Waals surface area contributed by atoms with Crippen molar-refractivity contribution in [2.24, 2.45) is 7.05 Å². The monoisotopic (exact) mass is 280 g/mol. The molecular formula is C12H13BrN2O. The van der Waals surface area contributed by atoms with Gasteiger partial charge in [-0.15, -0.1) is 0 Å². The highest BCUT2D eigenvalue weighted by atomic mass is 79.9. The normalized spacial score (nSPS) is 10.8. The molecule has 0 atom stereocenters. The summed E-state index contributed by atoms with van der Waals surface area (Å²) in [6.45, 7) is 2.00. The van der Waals surface area contributed by atoms with Gasteiger partial charge in [0, 0.05) is 12.6 Å². The molecule has 0 radical (unpaired) electrons. The number of hydrogen-bond donors (Lipinski definition) is 1. The van der Waals surface area contributed by atoms with Crippen molar-refractivity contribution in [1.82, 2.24) is 9.55 Å². The van der Waals surface area contributed by atoms with Crippen molar-refractivity contribution in [3.05, 3.63) is 40.1 Å². The molecule has 0 saturated carbocycles. The number of aryl methyl sites for hydroxylation is 1. The van der Waals surface area contributed by atoms with Gasteiger partial charge in [-0.1, -0.05) is 24.3 Å². The Morgan fingerprint density at radius 1 is 1.38 bits per heavy atom. The van der Waals surface area contributed by atoms with Crippen LogP contribution >= 0.6 is 15.9 Å². The molecule has 1 aromatic heterocycles. The van der Waals surface area contributed by atoms with E-state index >= 15 is 0 Å². The average Bonchev–Trinajstić information content (AvgIpc) is 2.57. The first-order valence-corrected chi connectivity index (χ1v) is 5.82. The van der Waals surface area contributed by atoms with E-state index in [1.807, 2.05) is 29.8 Å². The zero-order chi connectivity index (χ0) is 11.7. The topological polar surface area (TPSA) is 38.1 Å². The maximum absolute atomic E-state index is 9.17. The largest absolute Gasteiger partial charge is 0.390 e. The molecule has 3 nitrogen and oxygen atoms in total. The van der Waals surface area contributed by atoms with Crippen LogP contribution < -0.4 is 0 Å². The molecule has 0 aliphatic heterocycles. The number of hydrogen-bond acceptors (Lipinski definition) is 2. The van der Waals surface area contributed by atoms with Gasteiger partial charge in [0.2, 0.25) is 0 Å². The van der Waals surface area contributed by atoms with Crippen LogP contribution in [0.25, 0.3) is 11.4 Å². The summed E-state index contributed by atoms with van der Waals surface area (Å²) in [7, 11) is 1.93. The molecule has 0 amide bonds. The van der Waals surface area contributed by atoms with Gasteiger partial charge >= 0.3 is 0 Å². The summed E-state index contributed by atoms with van der Waals surface area (Å²) in [6.07, 6.45) is 0. The van der Waals surface area contributed by atoms with Gasteiger partial charge in [0.25, 0.3) is 0 Å². The summed E-state index contributed by atoms with van der Waals surface area (Å²) in [5.74, 6) is 0.869. The smallest absolute Gasteiger partial charge is 0.141 e. The molecule has 2 aromatic rings. The number of nitrogens with zero attached hydrogens (tertiary/aromatic N) is 2. The fraction of sp³-hybridized carbons (Fsp3) is 0.250. The highest BCUT2D eigenvalue weighted by Crippen LogP contribution is 2.27. The standard InChI is InChI=1S/C12H13BrN2O/c1-8-5-3-4-6-9(8)12-14-10(7-16)11(13)15(12)2/h3-6,16H,7H2,1-2H3. The maximum atomic E-state index is 9.17. The molecule has 0 spiro atoms. The van der Waals surface area contributed by atoms with E-state index in [2.05, 4.69) is 33.9 Å². The Morgan fingerprint density at radius 3 is 2.62 bits per heavy atom. The fourth-order valence-electron chi connectivity index (χ4n) is 1.70. The van der Waals surface area contributed by atoms with E-state index in [9.17, 15) is 0 Å². The number of halogens is 1. The summed E-state index contributed by atoms with van der Waals surface area (Å²) in [5, 5.41) is 9.17. The zero-order valence-electron chi connectivity index (χ0n) is 9.24. The van der Waals surface area contributed by atoms with Crippen LogP contribution in [0.15, 0.2) is 28.9 Å². The van der Waals surface area contributed by atoms with Gasteiger partial charge in [-0.05, 0) is 28.4 Å². The third-order valence-electron chi connectivity index (χ3n) is 2.63. The Kier molecular flexibility index (Phi) is 3.12. The number of aliphatic hydroxyl groups is 1. The van der Waals surface area contributed by atoms with E-state index in [1.54, 1.807) is 0 Å². The van der Waals surface area contributed by atoms with Crippen molar-refractivity contribution >= 4 is 15.9 Å². The molecule has 0 aliphatic carbocycles. The molecule has 84 valence electrons. The minimum Gasteiger partial charge on any atom is -0.390 e. The highest BCUT2D eigenvalue weighted by Gasteiger charge is 2.14. The van der Waals surface area contributed by atoms with Gasteiger partial charge < -0.3 is 9.67 Å². The first-order chi connectivity index (χ1) is 7.65. The fourth-order valence-corrected chi connectivity index (χ4v) is 2.08. The number of benzene rings is 1. The molecule has 4 heteroatoms. The average molecular weight is 281 g/mol. The van der Waals surface area contributed by atoms with Crippen molar-refractivity contribution in [2.45, 2.75) is 13.5 Å². The van der Waals surface area contributed by atoms with Gasteiger partial charge in [-0.3, -0.25) is 0 Å². The molecule has 0 saturated heterocycles. The van der Waals surface area contributed by atoms with E-state index < -0.39 is 0 Å². The molecule has 2 rings (SSSR count). The second-order valence-electron chi connectivity index (χ2n) is 3.70. The number of imidazole rings is 1. The second kappa shape index (κ2) is 4.39. The van der Waals surface area contributed by atoms with Crippen LogP contribution in [0.1, 0.15) is 11.3 Å². The second-order valence-corrected chi connectivity index (χ2v) is 4.46. The van der Waals surface area contributed by atoms with Crippen LogP contribution in [-0.2, 0) is 13.7 Å². The molecule has 1 heterocycles. The lowest BCUT2D eigenvalue weighted by Crippen LogP contribution is -1.94. The summed E-state index contributed by atoms with van der Waals surface area (Å²) in [5.41, 5.74) is 2.93. The van der Waals surface area contributed by atoms with Crippen molar-refractivity contribution in [1.29, 1.82) is 0 Å². The van der Waals surface area contributed by atoms with E-state index in [-0.39, 0.29) is 6.61 Å². The molecular weight excluding hydrogens is 268 g/mol. The van der Waals surface area contributed by atoms with Crippen molar-refractivity contribution < 1.29 is 5.11 Å². The lowest BCUT2D eigenvalue weighted by molar-refractivity contribution is 0.276. The van der Waals surface area contributed by atoms with Crippen LogP contribution in [0, 0.1) is 6.92 Å². The minimum atomic E-state index is -0.0553. The van der Waals surface area contributed by atoms with E-state index in [0.717, 1.165) is 16.0 Å². The van der Waals surface area contributed by atoms with Crippen LogP contribution in [0.3, 0.4) is 0 Å². The quantitative estimate of drug-likeness (QED) is 0.919. The Balaban J connectivity index is 2.61. The third kappa shape index (κ3) is 1.79. The minimum absolute atomic E-state index is 0.0553. The molecule has 0 aliphatic rings. The zero-order valence-corrected chi connectivity index (χ0v) is 10.8. The molecule has 0 fully saturated rings. The van der Waals surface area contributed by atoms with Crippen molar-refractivity contribution in [2.75, 3.05) is 0 Å². The Bertz CT molecular complexity index is 520. The first kappa shape index (κ1) is 11.4. The van der Waals surface area contributed by atoms with E-state index in [0.29, 0.717) is 5.69 Å². The Labute approximate surface area is 103 Å². The molecule has 1 N–H and O–H groups in total. The predicted octanol–water partition coefficient (Wildman–Crippen LogP) is 2.65. The first-order valence-electron chi connectivity index (χ1n) is 5.03. The predicted molar refractivity (Wildman–Crippen MR) is 67.0 cm³/mol. The van der Waals surface area contributed by atoms with Gasteiger partial charge in [0.1, 0.15) is 10.4 Å². The van der Waals surface area contributed by atoms with Crippen LogP contribution in [0.2, 0.25) is 0 Å². The number of rotatable bonds is 2. The van der Waals surface area contributed by atoms with Gasteiger partial charge in [0.05, 0.1) is 12.3 Å². The summed E-state index contributed by atoms with van der Waals surface area (Å²) in [6, 6.07) is 8.08. The van der Waals surface area contributed by atoms with E-state index in [4.69, 9.17) is 5.11 Å². The molecule has 0 bridgehead atoms. The van der Waals surface area contributed by atoms with Gasteiger partial charge in [-0.25, -0.2) is 4.98 Å². The molecule has 1 aromatic carbocycles. The Morgan fingerprint density at radius 2 is 2.06 bits per heavy atom. The van der Waals surface area contributed by atoms with Crippen LogP contribution in [0.4, 0.5) is 0 Å². The van der Waals surface area contributed by atoms with Crippen LogP contribution in [-0.4, -0.2) is 14.7 Å². The number of aromatic nitrogens is 2. The highest BCUT2D eigenvalue weighted by molar-refractivity contribution is 9.10. The SMILES string of the molecule is Cc1ccccc1-c1nc(CO)c(Br)n1C. The summed E-state index contributed by atoms with van der Waals surface area (Å²) >= 11 is 3.42. The lowest BCUT2D eigenvalue weighted by atomic mass is 10.1.